The Bertz CT molecular complexity index is 328. The molecule has 0 aromatic carbocycles. The molecule has 3 heteroatoms. The minimum atomic E-state index is 0.607. The first-order valence-electron chi connectivity index (χ1n) is 7.04. The van der Waals surface area contributed by atoms with E-state index in [0.717, 1.165) is 31.6 Å². The van der Waals surface area contributed by atoms with Crippen LogP contribution in [0.3, 0.4) is 0 Å². The minimum absolute atomic E-state index is 0.607. The Labute approximate surface area is 111 Å². The van der Waals surface area contributed by atoms with Crippen LogP contribution < -0.4 is 10.1 Å². The van der Waals surface area contributed by atoms with E-state index in [-0.39, 0.29) is 0 Å². The van der Waals surface area contributed by atoms with E-state index in [1.54, 1.807) is 6.20 Å². The molecule has 0 aliphatic rings. The van der Waals surface area contributed by atoms with E-state index in [1.165, 1.54) is 18.4 Å². The van der Waals surface area contributed by atoms with Crippen molar-refractivity contribution in [3.8, 4) is 5.75 Å². The highest BCUT2D eigenvalue weighted by Crippen LogP contribution is 2.14. The summed E-state index contributed by atoms with van der Waals surface area (Å²) in [7, 11) is 2.04. The van der Waals surface area contributed by atoms with Gasteiger partial charge in [-0.2, -0.15) is 0 Å². The van der Waals surface area contributed by atoms with Crippen molar-refractivity contribution in [3.05, 3.63) is 24.0 Å². The Morgan fingerprint density at radius 2 is 2.06 bits per heavy atom. The molecule has 0 radical (unpaired) electrons. The number of nitrogens with one attached hydrogen (secondary N) is 1. The monoisotopic (exact) mass is 250 g/mol. The predicted octanol–water partition coefficient (Wildman–Crippen LogP) is 3.19. The van der Waals surface area contributed by atoms with E-state index in [1.807, 2.05) is 13.2 Å². The maximum absolute atomic E-state index is 5.60. The van der Waals surface area contributed by atoms with E-state index in [2.05, 4.69) is 30.2 Å². The van der Waals surface area contributed by atoms with Crippen LogP contribution in [0.15, 0.2) is 18.5 Å². The van der Waals surface area contributed by atoms with Gasteiger partial charge in [0.1, 0.15) is 5.75 Å². The van der Waals surface area contributed by atoms with E-state index in [4.69, 9.17) is 4.74 Å². The van der Waals surface area contributed by atoms with Gasteiger partial charge in [-0.05, 0) is 44.4 Å². The molecule has 1 atom stereocenters. The van der Waals surface area contributed by atoms with Crippen LogP contribution in [0.4, 0.5) is 0 Å². The molecule has 0 saturated carbocycles. The van der Waals surface area contributed by atoms with Gasteiger partial charge in [0.15, 0.2) is 0 Å². The topological polar surface area (TPSA) is 34.1 Å². The van der Waals surface area contributed by atoms with E-state index < -0.39 is 0 Å². The first-order chi connectivity index (χ1) is 8.80. The van der Waals surface area contributed by atoms with Gasteiger partial charge in [0.2, 0.25) is 0 Å². The van der Waals surface area contributed by atoms with Crippen molar-refractivity contribution in [1.82, 2.24) is 10.3 Å². The summed E-state index contributed by atoms with van der Waals surface area (Å²) in [6, 6.07) is 2.72. The Hall–Kier alpha value is -1.09. The number of hydrogen-bond acceptors (Lipinski definition) is 3. The fourth-order valence-electron chi connectivity index (χ4n) is 2.02. The van der Waals surface area contributed by atoms with Crippen LogP contribution >= 0.6 is 0 Å². The average Bonchev–Trinajstić information content (AvgIpc) is 2.41. The van der Waals surface area contributed by atoms with Gasteiger partial charge in [-0.1, -0.05) is 20.3 Å². The lowest BCUT2D eigenvalue weighted by Crippen LogP contribution is -2.25. The Kier molecular flexibility index (Phi) is 7.42. The number of aromatic nitrogens is 1. The van der Waals surface area contributed by atoms with E-state index >= 15 is 0 Å². The summed E-state index contributed by atoms with van der Waals surface area (Å²) in [5.74, 6) is 0.894. The maximum Gasteiger partial charge on any atom is 0.137 e. The molecule has 0 aliphatic heterocycles. The van der Waals surface area contributed by atoms with Gasteiger partial charge in [0.05, 0.1) is 12.8 Å². The fraction of sp³-hybridized carbons (Fsp3) is 0.667. The highest BCUT2D eigenvalue weighted by molar-refractivity contribution is 5.23. The number of aryl methyl sites for hydroxylation is 1. The van der Waals surface area contributed by atoms with Gasteiger partial charge in [0, 0.05) is 12.2 Å². The Balaban J connectivity index is 2.45. The standard InChI is InChI=1S/C15H26N2O/c1-4-6-14(16-3)8-7-13-10-15(12-17-11-13)18-9-5-2/h10-12,14,16H,4-9H2,1-3H3. The summed E-state index contributed by atoms with van der Waals surface area (Å²) in [6.07, 6.45) is 9.44. The molecule has 1 unspecified atom stereocenters. The number of nitrogens with zero attached hydrogens (tertiary/aromatic N) is 1. The lowest BCUT2D eigenvalue weighted by atomic mass is 10.0. The molecule has 0 fully saturated rings. The van der Waals surface area contributed by atoms with Gasteiger partial charge in [0.25, 0.3) is 0 Å². The van der Waals surface area contributed by atoms with Gasteiger partial charge < -0.3 is 10.1 Å². The van der Waals surface area contributed by atoms with Gasteiger partial charge in [-0.15, -0.1) is 0 Å². The third-order valence-electron chi connectivity index (χ3n) is 3.07. The molecule has 0 aliphatic carbocycles. The van der Waals surface area contributed by atoms with Crippen molar-refractivity contribution < 1.29 is 4.74 Å². The second-order valence-corrected chi connectivity index (χ2v) is 4.69. The molecule has 1 N–H and O–H groups in total. The van der Waals surface area contributed by atoms with Crippen LogP contribution in [0.2, 0.25) is 0 Å². The van der Waals surface area contributed by atoms with E-state index in [0.29, 0.717) is 6.04 Å². The highest BCUT2D eigenvalue weighted by atomic mass is 16.5. The third kappa shape index (κ3) is 5.50. The smallest absolute Gasteiger partial charge is 0.137 e. The summed E-state index contributed by atoms with van der Waals surface area (Å²) in [5, 5.41) is 3.37. The molecule has 0 bridgehead atoms. The average molecular weight is 250 g/mol. The molecule has 3 nitrogen and oxygen atoms in total. The van der Waals surface area contributed by atoms with E-state index in [9.17, 15) is 0 Å². The number of rotatable bonds is 9. The van der Waals surface area contributed by atoms with Crippen LogP contribution in [-0.4, -0.2) is 24.7 Å². The number of pyridine rings is 1. The summed E-state index contributed by atoms with van der Waals surface area (Å²) in [4.78, 5) is 4.24. The van der Waals surface area contributed by atoms with Crippen molar-refractivity contribution >= 4 is 0 Å². The summed E-state index contributed by atoms with van der Waals surface area (Å²) >= 11 is 0. The van der Waals surface area contributed by atoms with Crippen LogP contribution in [0.25, 0.3) is 0 Å². The van der Waals surface area contributed by atoms with Crippen molar-refractivity contribution in [2.45, 2.75) is 52.0 Å². The quantitative estimate of drug-likeness (QED) is 0.731. The van der Waals surface area contributed by atoms with Crippen molar-refractivity contribution in [2.24, 2.45) is 0 Å². The molecule has 102 valence electrons. The SMILES string of the molecule is CCCOc1cncc(CCC(CCC)NC)c1. The van der Waals surface area contributed by atoms with Gasteiger partial charge in [-0.25, -0.2) is 0 Å². The van der Waals surface area contributed by atoms with Crippen LogP contribution in [-0.2, 0) is 6.42 Å². The molecule has 1 heterocycles. The summed E-state index contributed by atoms with van der Waals surface area (Å²) in [6.45, 7) is 5.10. The summed E-state index contributed by atoms with van der Waals surface area (Å²) < 4.78 is 5.60. The second kappa shape index (κ2) is 8.92. The first-order valence-corrected chi connectivity index (χ1v) is 7.04. The van der Waals surface area contributed by atoms with Gasteiger partial charge >= 0.3 is 0 Å². The van der Waals surface area contributed by atoms with Crippen molar-refractivity contribution in [1.29, 1.82) is 0 Å². The largest absolute Gasteiger partial charge is 0.492 e. The second-order valence-electron chi connectivity index (χ2n) is 4.69. The lowest BCUT2D eigenvalue weighted by molar-refractivity contribution is 0.315. The van der Waals surface area contributed by atoms with Crippen LogP contribution in [0, 0.1) is 0 Å². The molecule has 1 aromatic heterocycles. The van der Waals surface area contributed by atoms with Gasteiger partial charge in [-0.3, -0.25) is 4.98 Å². The van der Waals surface area contributed by atoms with Crippen molar-refractivity contribution in [2.75, 3.05) is 13.7 Å². The van der Waals surface area contributed by atoms with Crippen LogP contribution in [0.5, 0.6) is 5.75 Å². The summed E-state index contributed by atoms with van der Waals surface area (Å²) in [5.41, 5.74) is 1.26. The zero-order valence-corrected chi connectivity index (χ0v) is 11.9. The van der Waals surface area contributed by atoms with Crippen LogP contribution in [0.1, 0.15) is 45.1 Å². The first kappa shape index (κ1) is 15.0. The molecule has 1 aromatic rings. The molecular weight excluding hydrogens is 224 g/mol. The molecule has 0 spiro atoms. The number of ether oxygens (including phenoxy) is 1. The highest BCUT2D eigenvalue weighted by Gasteiger charge is 2.05. The molecule has 0 amide bonds. The minimum Gasteiger partial charge on any atom is -0.492 e. The molecule has 0 saturated heterocycles. The lowest BCUT2D eigenvalue weighted by Gasteiger charge is -2.15. The maximum atomic E-state index is 5.60. The predicted molar refractivity (Wildman–Crippen MR) is 76.1 cm³/mol. The third-order valence-corrected chi connectivity index (χ3v) is 3.07. The van der Waals surface area contributed by atoms with Crippen molar-refractivity contribution in [3.63, 3.8) is 0 Å². The molecular formula is C15H26N2O. The zero-order valence-electron chi connectivity index (χ0n) is 11.9. The normalized spacial score (nSPS) is 12.4. The Morgan fingerprint density at radius 3 is 2.72 bits per heavy atom. The Morgan fingerprint density at radius 1 is 1.22 bits per heavy atom. The molecule has 1 rings (SSSR count). The number of hydrogen-bond donors (Lipinski definition) is 1. The fourth-order valence-corrected chi connectivity index (χ4v) is 2.02. The molecule has 18 heavy (non-hydrogen) atoms. The zero-order chi connectivity index (χ0) is 13.2.